The van der Waals surface area contributed by atoms with Gasteiger partial charge in [-0.15, -0.1) is 0 Å². The lowest BCUT2D eigenvalue weighted by molar-refractivity contribution is -0.146. The van der Waals surface area contributed by atoms with Gasteiger partial charge in [-0.05, 0) is 54.2 Å². The SMILES string of the molecule is CC(=O)OC(C)N1C(=O)Cc2cc(CCN3CCN(c4nsc5ccccc45)CC3)c(Cl)cc21. The number of piperazine rings is 1. The third kappa shape index (κ3) is 4.50. The predicted molar refractivity (Wildman–Crippen MR) is 136 cm³/mol. The second kappa shape index (κ2) is 9.52. The number of rotatable bonds is 6. The molecule has 1 fully saturated rings. The summed E-state index contributed by atoms with van der Waals surface area (Å²) in [5, 5.41) is 1.87. The summed E-state index contributed by atoms with van der Waals surface area (Å²) >= 11 is 8.18. The molecule has 3 aromatic rings. The number of carbonyl (C=O) groups is 2. The summed E-state index contributed by atoms with van der Waals surface area (Å²) in [4.78, 5) is 30.3. The van der Waals surface area contributed by atoms with Crippen molar-refractivity contribution in [1.29, 1.82) is 0 Å². The number of ether oxygens (including phenoxy) is 1. The Balaban J connectivity index is 1.21. The average Bonchev–Trinajstić information content (AvgIpc) is 3.37. The fraction of sp³-hybridized carbons (Fsp3) is 0.400. The molecule has 1 amide bonds. The second-order valence-electron chi connectivity index (χ2n) is 8.80. The van der Waals surface area contributed by atoms with Gasteiger partial charge in [0.2, 0.25) is 5.91 Å². The minimum Gasteiger partial charge on any atom is -0.442 e. The molecule has 1 atom stereocenters. The number of anilines is 2. The Bertz CT molecular complexity index is 1240. The maximum atomic E-state index is 12.6. The molecule has 2 aliphatic rings. The molecule has 2 aliphatic heterocycles. The van der Waals surface area contributed by atoms with E-state index in [4.69, 9.17) is 20.7 Å². The molecule has 0 saturated carbocycles. The lowest BCUT2D eigenvalue weighted by Crippen LogP contribution is -2.47. The Kier molecular flexibility index (Phi) is 6.46. The first kappa shape index (κ1) is 23.1. The molecule has 2 aromatic carbocycles. The van der Waals surface area contributed by atoms with E-state index >= 15 is 0 Å². The summed E-state index contributed by atoms with van der Waals surface area (Å²) in [6.45, 7) is 7.79. The van der Waals surface area contributed by atoms with E-state index in [2.05, 4.69) is 34.1 Å². The van der Waals surface area contributed by atoms with Crippen LogP contribution in [0.4, 0.5) is 11.5 Å². The van der Waals surface area contributed by atoms with E-state index in [1.165, 1.54) is 21.9 Å². The molecule has 0 radical (unpaired) electrons. The van der Waals surface area contributed by atoms with Crippen LogP contribution in [0.15, 0.2) is 36.4 Å². The number of nitrogens with zero attached hydrogens (tertiary/aromatic N) is 4. The van der Waals surface area contributed by atoms with Crippen LogP contribution < -0.4 is 9.80 Å². The van der Waals surface area contributed by atoms with E-state index in [9.17, 15) is 9.59 Å². The van der Waals surface area contributed by atoms with Crippen LogP contribution in [0.5, 0.6) is 0 Å². The maximum Gasteiger partial charge on any atom is 0.304 e. The zero-order valence-electron chi connectivity index (χ0n) is 19.3. The highest BCUT2D eigenvalue weighted by Crippen LogP contribution is 2.36. The van der Waals surface area contributed by atoms with E-state index in [-0.39, 0.29) is 5.91 Å². The van der Waals surface area contributed by atoms with Gasteiger partial charge < -0.3 is 9.64 Å². The van der Waals surface area contributed by atoms with Gasteiger partial charge in [-0.3, -0.25) is 19.4 Å². The number of hydrogen-bond donors (Lipinski definition) is 0. The van der Waals surface area contributed by atoms with Gasteiger partial charge in [0.25, 0.3) is 0 Å². The zero-order valence-corrected chi connectivity index (χ0v) is 20.9. The van der Waals surface area contributed by atoms with Crippen molar-refractivity contribution in [2.24, 2.45) is 0 Å². The Morgan fingerprint density at radius 2 is 1.97 bits per heavy atom. The molecule has 1 aromatic heterocycles. The van der Waals surface area contributed by atoms with Gasteiger partial charge >= 0.3 is 5.97 Å². The van der Waals surface area contributed by atoms with Gasteiger partial charge in [0.15, 0.2) is 6.23 Å². The highest BCUT2D eigenvalue weighted by Gasteiger charge is 2.33. The lowest BCUT2D eigenvalue weighted by atomic mass is 10.1. The third-order valence-corrected chi connectivity index (χ3v) is 7.71. The molecular weight excluding hydrogens is 472 g/mol. The Hall–Kier alpha value is -2.68. The fourth-order valence-corrected chi connectivity index (χ4v) is 5.90. The van der Waals surface area contributed by atoms with Crippen LogP contribution in [-0.4, -0.2) is 60.1 Å². The first-order valence-corrected chi connectivity index (χ1v) is 12.7. The molecule has 7 nitrogen and oxygen atoms in total. The molecule has 0 bridgehead atoms. The molecule has 0 N–H and O–H groups in total. The molecule has 5 rings (SSSR count). The quantitative estimate of drug-likeness (QED) is 0.476. The number of benzene rings is 2. The van der Waals surface area contributed by atoms with Crippen molar-refractivity contribution in [1.82, 2.24) is 9.27 Å². The van der Waals surface area contributed by atoms with Crippen molar-refractivity contribution < 1.29 is 14.3 Å². The summed E-state index contributed by atoms with van der Waals surface area (Å²) in [6, 6.07) is 12.3. The number of esters is 1. The molecular formula is C25H27ClN4O3S. The summed E-state index contributed by atoms with van der Waals surface area (Å²) in [6.07, 6.45) is 0.462. The van der Waals surface area contributed by atoms with Gasteiger partial charge in [-0.1, -0.05) is 29.8 Å². The third-order valence-electron chi connectivity index (χ3n) is 6.55. The van der Waals surface area contributed by atoms with Crippen molar-refractivity contribution in [3.8, 4) is 0 Å². The summed E-state index contributed by atoms with van der Waals surface area (Å²) in [5.41, 5.74) is 2.71. The highest BCUT2D eigenvalue weighted by atomic mass is 35.5. The maximum absolute atomic E-state index is 12.6. The molecule has 0 aliphatic carbocycles. The fourth-order valence-electron chi connectivity index (χ4n) is 4.85. The number of aromatic nitrogens is 1. The van der Waals surface area contributed by atoms with Gasteiger partial charge in [-0.2, -0.15) is 4.37 Å². The van der Waals surface area contributed by atoms with E-state index in [1.54, 1.807) is 18.5 Å². The van der Waals surface area contributed by atoms with Crippen LogP contribution in [0.25, 0.3) is 10.1 Å². The summed E-state index contributed by atoms with van der Waals surface area (Å²) < 4.78 is 11.1. The zero-order chi connectivity index (χ0) is 23.8. The van der Waals surface area contributed by atoms with E-state index in [0.29, 0.717) is 11.4 Å². The molecule has 3 heterocycles. The van der Waals surface area contributed by atoms with Gasteiger partial charge in [0.1, 0.15) is 5.82 Å². The number of halogens is 1. The monoisotopic (exact) mass is 498 g/mol. The van der Waals surface area contributed by atoms with E-state index < -0.39 is 12.2 Å². The lowest BCUT2D eigenvalue weighted by Gasteiger charge is -2.35. The number of carbonyl (C=O) groups excluding carboxylic acids is 2. The number of hydrogen-bond acceptors (Lipinski definition) is 7. The molecule has 9 heteroatoms. The largest absolute Gasteiger partial charge is 0.442 e. The van der Waals surface area contributed by atoms with Gasteiger partial charge in [0, 0.05) is 50.1 Å². The highest BCUT2D eigenvalue weighted by molar-refractivity contribution is 7.13. The van der Waals surface area contributed by atoms with Gasteiger partial charge in [0.05, 0.1) is 16.8 Å². The molecule has 34 heavy (non-hydrogen) atoms. The van der Waals surface area contributed by atoms with Crippen molar-refractivity contribution in [3.05, 3.63) is 52.5 Å². The Morgan fingerprint density at radius 3 is 2.74 bits per heavy atom. The summed E-state index contributed by atoms with van der Waals surface area (Å²) in [7, 11) is 0. The topological polar surface area (TPSA) is 66.0 Å². The number of fused-ring (bicyclic) bond motifs is 2. The molecule has 0 spiro atoms. The Morgan fingerprint density at radius 1 is 1.21 bits per heavy atom. The van der Waals surface area contributed by atoms with E-state index in [0.717, 1.165) is 61.8 Å². The van der Waals surface area contributed by atoms with Crippen LogP contribution >= 0.6 is 23.1 Å². The standard InChI is InChI=1S/C25H27ClN4O3S/c1-16(33-17(2)31)30-22-15-21(26)18(13-19(22)14-24(30)32)7-8-28-9-11-29(12-10-28)25-20-5-3-4-6-23(20)34-27-25/h3-6,13,15-16H,7-12,14H2,1-2H3. The van der Waals surface area contributed by atoms with Gasteiger partial charge in [-0.25, -0.2) is 0 Å². The van der Waals surface area contributed by atoms with Crippen LogP contribution in [0, 0.1) is 0 Å². The smallest absolute Gasteiger partial charge is 0.304 e. The van der Waals surface area contributed by atoms with Crippen molar-refractivity contribution in [2.45, 2.75) is 32.9 Å². The van der Waals surface area contributed by atoms with Crippen molar-refractivity contribution in [2.75, 3.05) is 42.5 Å². The number of amides is 1. The van der Waals surface area contributed by atoms with Crippen molar-refractivity contribution in [3.63, 3.8) is 0 Å². The minimum absolute atomic E-state index is 0.0809. The molecule has 178 valence electrons. The second-order valence-corrected chi connectivity index (χ2v) is 10.0. The predicted octanol–water partition coefficient (Wildman–Crippen LogP) is 4.11. The summed E-state index contributed by atoms with van der Waals surface area (Å²) in [5.74, 6) is 0.598. The van der Waals surface area contributed by atoms with Crippen LogP contribution in [0.3, 0.4) is 0 Å². The van der Waals surface area contributed by atoms with Crippen molar-refractivity contribution >= 4 is 56.6 Å². The van der Waals surface area contributed by atoms with Crippen LogP contribution in [0.1, 0.15) is 25.0 Å². The van der Waals surface area contributed by atoms with Crippen LogP contribution in [-0.2, 0) is 27.2 Å². The first-order chi connectivity index (χ1) is 16.4. The minimum atomic E-state index is -0.653. The molecule has 1 unspecified atom stereocenters. The first-order valence-electron chi connectivity index (χ1n) is 11.5. The average molecular weight is 499 g/mol. The Labute approximate surface area is 208 Å². The van der Waals surface area contributed by atoms with Crippen LogP contribution in [0.2, 0.25) is 5.02 Å². The normalized spacial score (nSPS) is 17.3. The van der Waals surface area contributed by atoms with E-state index in [1.807, 2.05) is 12.1 Å². The molecule has 1 saturated heterocycles.